The van der Waals surface area contributed by atoms with Gasteiger partial charge in [-0.1, -0.05) is 32.0 Å². The van der Waals surface area contributed by atoms with Gasteiger partial charge in [-0.2, -0.15) is 4.98 Å². The van der Waals surface area contributed by atoms with Gasteiger partial charge in [-0.15, -0.1) is 0 Å². The molecule has 7 nitrogen and oxygen atoms in total. The lowest BCUT2D eigenvalue weighted by molar-refractivity contribution is -0.146. The summed E-state index contributed by atoms with van der Waals surface area (Å²) in [5.74, 6) is -4.14. The topological polar surface area (TPSA) is 104 Å². The fourth-order valence-corrected chi connectivity index (χ4v) is 3.25. The number of methoxy groups -OCH3 is 1. The van der Waals surface area contributed by atoms with Gasteiger partial charge in [-0.05, 0) is 47.2 Å². The van der Waals surface area contributed by atoms with Crippen LogP contribution < -0.4 is 19.9 Å². The molecule has 34 heavy (non-hydrogen) atoms. The van der Waals surface area contributed by atoms with E-state index in [2.05, 4.69) is 4.98 Å². The monoisotopic (exact) mass is 472 g/mol. The van der Waals surface area contributed by atoms with E-state index in [9.17, 15) is 18.7 Å². The summed E-state index contributed by atoms with van der Waals surface area (Å²) < 4.78 is 45.0. The van der Waals surface area contributed by atoms with Gasteiger partial charge in [-0.3, -0.25) is 0 Å². The molecule has 3 N–H and O–H groups in total. The average Bonchev–Trinajstić information content (AvgIpc) is 2.81. The summed E-state index contributed by atoms with van der Waals surface area (Å²) in [6.45, 7) is 3.96. The number of rotatable bonds is 10. The van der Waals surface area contributed by atoms with Gasteiger partial charge in [0.05, 0.1) is 7.11 Å². The number of benzene rings is 2. The zero-order chi connectivity index (χ0) is 24.8. The highest BCUT2D eigenvalue weighted by molar-refractivity contribution is 5.72. The van der Waals surface area contributed by atoms with Crippen molar-refractivity contribution in [1.29, 1.82) is 0 Å². The van der Waals surface area contributed by atoms with Crippen LogP contribution in [0.5, 0.6) is 23.3 Å². The second kappa shape index (κ2) is 10.9. The van der Waals surface area contributed by atoms with E-state index in [0.29, 0.717) is 23.9 Å². The molecular formula is C25H26F2N2O5. The summed E-state index contributed by atoms with van der Waals surface area (Å²) in [6.07, 6.45) is -1.23. The van der Waals surface area contributed by atoms with Crippen LogP contribution in [0.3, 0.4) is 0 Å². The van der Waals surface area contributed by atoms with E-state index in [1.54, 1.807) is 26.0 Å². The average molecular weight is 472 g/mol. The van der Waals surface area contributed by atoms with Gasteiger partial charge in [0.2, 0.25) is 0 Å². The molecule has 9 heteroatoms. The van der Waals surface area contributed by atoms with Crippen LogP contribution in [0.25, 0.3) is 11.1 Å². The predicted octanol–water partition coefficient (Wildman–Crippen LogP) is 5.16. The first-order chi connectivity index (χ1) is 16.2. The third-order valence-electron chi connectivity index (χ3n) is 4.91. The van der Waals surface area contributed by atoms with Crippen LogP contribution in [0.2, 0.25) is 0 Å². The van der Waals surface area contributed by atoms with E-state index in [1.807, 2.05) is 24.3 Å². The number of aromatic nitrogens is 1. The van der Waals surface area contributed by atoms with Crippen molar-refractivity contribution in [3.8, 4) is 34.4 Å². The van der Waals surface area contributed by atoms with Crippen molar-refractivity contribution in [1.82, 2.24) is 4.98 Å². The molecular weight excluding hydrogens is 446 g/mol. The molecule has 1 heterocycles. The Hall–Kier alpha value is -3.72. The van der Waals surface area contributed by atoms with Crippen molar-refractivity contribution >= 4 is 5.97 Å². The molecule has 0 radical (unpaired) electrons. The fraction of sp³-hybridized carbons (Fsp3) is 0.280. The molecule has 3 aromatic rings. The molecule has 0 bridgehead atoms. The number of nitrogens with two attached hydrogens (primary N) is 1. The van der Waals surface area contributed by atoms with Crippen LogP contribution in [-0.4, -0.2) is 29.3 Å². The number of ether oxygens (including phenoxy) is 3. The molecule has 0 unspecified atom stereocenters. The molecule has 1 aromatic heterocycles. The molecule has 3 rings (SSSR count). The highest BCUT2D eigenvalue weighted by Crippen LogP contribution is 2.34. The van der Waals surface area contributed by atoms with E-state index >= 15 is 0 Å². The Balaban J connectivity index is 1.95. The van der Waals surface area contributed by atoms with Crippen molar-refractivity contribution < 1.29 is 32.9 Å². The van der Waals surface area contributed by atoms with Crippen LogP contribution in [0.1, 0.15) is 25.8 Å². The Morgan fingerprint density at radius 1 is 1.03 bits per heavy atom. The lowest BCUT2D eigenvalue weighted by Crippen LogP contribution is -2.29. The molecule has 0 aliphatic rings. The molecule has 0 fully saturated rings. The van der Waals surface area contributed by atoms with Gasteiger partial charge in [0.25, 0.3) is 11.8 Å². The maximum atomic E-state index is 14.5. The molecule has 0 aliphatic carbocycles. The first-order valence-corrected chi connectivity index (χ1v) is 10.6. The highest BCUT2D eigenvalue weighted by atomic mass is 19.1. The quantitative estimate of drug-likeness (QED) is 0.420. The van der Waals surface area contributed by atoms with Crippen LogP contribution in [0, 0.1) is 17.6 Å². The fourth-order valence-electron chi connectivity index (χ4n) is 3.25. The van der Waals surface area contributed by atoms with Crippen LogP contribution in [0.15, 0.2) is 48.5 Å². The number of pyridine rings is 1. The second-order valence-electron chi connectivity index (χ2n) is 8.04. The van der Waals surface area contributed by atoms with Crippen LogP contribution >= 0.6 is 0 Å². The minimum absolute atomic E-state index is 0.0340. The predicted molar refractivity (Wildman–Crippen MR) is 122 cm³/mol. The summed E-state index contributed by atoms with van der Waals surface area (Å²) in [6, 6.07) is 13.0. The first kappa shape index (κ1) is 24.9. The molecule has 1 atom stereocenters. The Bertz CT molecular complexity index is 1170. The number of aliphatic carboxylic acids is 1. The summed E-state index contributed by atoms with van der Waals surface area (Å²) >= 11 is 0. The van der Waals surface area contributed by atoms with Gasteiger partial charge in [-0.25, -0.2) is 13.6 Å². The second-order valence-corrected chi connectivity index (χ2v) is 8.04. The number of hydrogen-bond donors (Lipinski definition) is 2. The molecule has 0 aliphatic heterocycles. The molecule has 0 spiro atoms. The smallest absolute Gasteiger partial charge is 0.344 e. The Labute approximate surface area is 196 Å². The lowest BCUT2D eigenvalue weighted by atomic mass is 10.0. The van der Waals surface area contributed by atoms with Crippen LogP contribution in [0.4, 0.5) is 8.78 Å². The summed E-state index contributed by atoms with van der Waals surface area (Å²) in [4.78, 5) is 15.2. The zero-order valence-electron chi connectivity index (χ0n) is 19.0. The van der Waals surface area contributed by atoms with Gasteiger partial charge in [0.15, 0.2) is 17.7 Å². The largest absolute Gasteiger partial charge is 0.497 e. The third kappa shape index (κ3) is 6.20. The number of carboxylic acid groups (broad SMARTS) is 1. The summed E-state index contributed by atoms with van der Waals surface area (Å²) in [5, 5.41) is 9.36. The van der Waals surface area contributed by atoms with Gasteiger partial charge >= 0.3 is 5.97 Å². The number of nitrogens with zero attached hydrogens (tertiary/aromatic N) is 1. The Kier molecular flexibility index (Phi) is 8.01. The molecule has 0 saturated heterocycles. The van der Waals surface area contributed by atoms with E-state index < -0.39 is 35.5 Å². The Morgan fingerprint density at radius 2 is 1.74 bits per heavy atom. The van der Waals surface area contributed by atoms with Crippen molar-refractivity contribution in [3.05, 3.63) is 65.7 Å². The van der Waals surface area contributed by atoms with Gasteiger partial charge in [0.1, 0.15) is 11.5 Å². The number of carboxylic acids is 1. The normalized spacial score (nSPS) is 11.9. The first-order valence-electron chi connectivity index (χ1n) is 10.6. The minimum atomic E-state index is -1.35. The van der Waals surface area contributed by atoms with Crippen molar-refractivity contribution in [2.75, 3.05) is 7.11 Å². The number of hydrogen-bond acceptors (Lipinski definition) is 6. The zero-order valence-corrected chi connectivity index (χ0v) is 19.0. The SMILES string of the molecule is COc1cc(Oc2nc(O[C@H](CC(C)C)C(=O)O)c(F)cc2F)cc(-c2cccc(CN)c2)c1. The highest BCUT2D eigenvalue weighted by Gasteiger charge is 2.25. The summed E-state index contributed by atoms with van der Waals surface area (Å²) in [7, 11) is 1.47. The standard InChI is InChI=1S/C25H26F2N2O5/c1-14(2)7-22(25(30)31)34-24-21(27)12-20(26)23(29-24)33-19-10-17(9-18(11-19)32-3)16-6-4-5-15(8-16)13-28/h4-6,8-12,14,22H,7,13,28H2,1-3H3,(H,30,31)/t22-/m1/s1. The van der Waals surface area contributed by atoms with Crippen LogP contribution in [-0.2, 0) is 11.3 Å². The lowest BCUT2D eigenvalue weighted by Gasteiger charge is -2.17. The van der Waals surface area contributed by atoms with Crippen molar-refractivity contribution in [2.45, 2.75) is 32.9 Å². The minimum Gasteiger partial charge on any atom is -0.497 e. The Morgan fingerprint density at radius 3 is 2.38 bits per heavy atom. The van der Waals surface area contributed by atoms with Gasteiger partial charge < -0.3 is 25.1 Å². The number of halogens is 2. The van der Waals surface area contributed by atoms with Crippen molar-refractivity contribution in [3.63, 3.8) is 0 Å². The third-order valence-corrected chi connectivity index (χ3v) is 4.91. The molecule has 0 amide bonds. The van der Waals surface area contributed by atoms with Crippen molar-refractivity contribution in [2.24, 2.45) is 11.7 Å². The van der Waals surface area contributed by atoms with E-state index in [1.165, 1.54) is 13.2 Å². The van der Waals surface area contributed by atoms with E-state index in [4.69, 9.17) is 19.9 Å². The molecule has 2 aromatic carbocycles. The molecule has 0 saturated carbocycles. The maximum Gasteiger partial charge on any atom is 0.344 e. The molecule has 180 valence electrons. The van der Waals surface area contributed by atoms with Gasteiger partial charge in [0, 0.05) is 18.7 Å². The summed E-state index contributed by atoms with van der Waals surface area (Å²) in [5.41, 5.74) is 8.20. The van der Waals surface area contributed by atoms with E-state index in [0.717, 1.165) is 11.1 Å². The maximum absolute atomic E-state index is 14.5. The van der Waals surface area contributed by atoms with E-state index in [-0.39, 0.29) is 18.1 Å². The number of carbonyl (C=O) groups is 1.